The molecule has 0 spiro atoms. The zero-order chi connectivity index (χ0) is 15.6. The number of sulfonamides is 1. The molecule has 3 N–H and O–H groups in total. The second-order valence-corrected chi connectivity index (χ2v) is 8.34. The van der Waals surface area contributed by atoms with Gasteiger partial charge in [0.15, 0.2) is 0 Å². The summed E-state index contributed by atoms with van der Waals surface area (Å²) in [6.45, 7) is 8.62. The molecule has 0 aliphatic carbocycles. The van der Waals surface area contributed by atoms with E-state index in [1.165, 1.54) is 0 Å². The van der Waals surface area contributed by atoms with Gasteiger partial charge in [-0.1, -0.05) is 36.7 Å². The summed E-state index contributed by atoms with van der Waals surface area (Å²) in [6.07, 6.45) is 0.904. The zero-order valence-corrected chi connectivity index (χ0v) is 14.9. The van der Waals surface area contributed by atoms with Crippen LogP contribution in [0.1, 0.15) is 38.3 Å². The van der Waals surface area contributed by atoms with Crippen molar-refractivity contribution in [3.63, 3.8) is 0 Å². The molecular weight excluding hydrogens is 340 g/mol. The van der Waals surface area contributed by atoms with Crippen LogP contribution in [-0.4, -0.2) is 15.0 Å². The summed E-state index contributed by atoms with van der Waals surface area (Å²) in [7, 11) is -3.52. The molecule has 1 aromatic rings. The molecule has 0 saturated heterocycles. The largest absolute Gasteiger partial charge is 0.326 e. The lowest BCUT2D eigenvalue weighted by atomic mass is 9.91. The fourth-order valence-corrected chi connectivity index (χ4v) is 3.79. The van der Waals surface area contributed by atoms with E-state index in [0.29, 0.717) is 23.5 Å². The minimum absolute atomic E-state index is 0.0658. The second kappa shape index (κ2) is 6.56. The van der Waals surface area contributed by atoms with Crippen molar-refractivity contribution in [2.24, 2.45) is 11.1 Å². The van der Waals surface area contributed by atoms with E-state index < -0.39 is 10.0 Å². The average molecular weight is 363 g/mol. The fraction of sp³-hybridized carbons (Fsp3) is 0.571. The second-order valence-electron chi connectivity index (χ2n) is 5.75. The maximum absolute atomic E-state index is 12.5. The number of benzene rings is 1. The van der Waals surface area contributed by atoms with Crippen molar-refractivity contribution in [1.82, 2.24) is 4.72 Å². The summed E-state index contributed by atoms with van der Waals surface area (Å²) in [5.74, 6) is 0. The summed E-state index contributed by atoms with van der Waals surface area (Å²) in [5, 5.41) is 0. The number of rotatable bonds is 6. The van der Waals surface area contributed by atoms with Crippen molar-refractivity contribution >= 4 is 26.0 Å². The molecule has 0 radical (unpaired) electrons. The molecule has 0 aromatic heterocycles. The predicted octanol–water partition coefficient (Wildman–Crippen LogP) is 2.93. The van der Waals surface area contributed by atoms with Crippen LogP contribution in [0, 0.1) is 12.3 Å². The summed E-state index contributed by atoms with van der Waals surface area (Å²) < 4.78 is 28.4. The lowest BCUT2D eigenvalue weighted by molar-refractivity contribution is 0.350. The van der Waals surface area contributed by atoms with E-state index in [1.54, 1.807) is 13.0 Å². The third-order valence-electron chi connectivity index (χ3n) is 3.58. The van der Waals surface area contributed by atoms with E-state index in [0.717, 1.165) is 16.5 Å². The quantitative estimate of drug-likeness (QED) is 0.816. The summed E-state index contributed by atoms with van der Waals surface area (Å²) >= 11 is 3.39. The van der Waals surface area contributed by atoms with E-state index in [9.17, 15) is 8.42 Å². The molecule has 0 atom stereocenters. The molecule has 6 heteroatoms. The molecule has 0 aliphatic heterocycles. The van der Waals surface area contributed by atoms with Crippen LogP contribution in [0.3, 0.4) is 0 Å². The molecule has 0 fully saturated rings. The van der Waals surface area contributed by atoms with Gasteiger partial charge in [-0.2, -0.15) is 0 Å². The average Bonchev–Trinajstić information content (AvgIpc) is 2.39. The maximum Gasteiger partial charge on any atom is 0.240 e. The molecular formula is C14H23BrN2O2S. The van der Waals surface area contributed by atoms with E-state index in [1.807, 2.05) is 26.8 Å². The van der Waals surface area contributed by atoms with Gasteiger partial charge in [0.05, 0.1) is 4.90 Å². The smallest absolute Gasteiger partial charge is 0.240 e. The van der Waals surface area contributed by atoms with Gasteiger partial charge in [0.2, 0.25) is 10.0 Å². The molecule has 0 saturated carbocycles. The van der Waals surface area contributed by atoms with Gasteiger partial charge in [-0.25, -0.2) is 13.1 Å². The van der Waals surface area contributed by atoms with Crippen LogP contribution in [-0.2, 0) is 16.6 Å². The van der Waals surface area contributed by atoms with Crippen LogP contribution in [0.15, 0.2) is 21.5 Å². The minimum atomic E-state index is -3.52. The Morgan fingerprint density at radius 1 is 1.35 bits per heavy atom. The Morgan fingerprint density at radius 2 is 1.95 bits per heavy atom. The Bertz CT molecular complexity index is 583. The number of hydrogen-bond acceptors (Lipinski definition) is 3. The third kappa shape index (κ3) is 4.28. The van der Waals surface area contributed by atoms with Crippen LogP contribution in [0.5, 0.6) is 0 Å². The lowest BCUT2D eigenvalue weighted by Crippen LogP contribution is -2.34. The number of nitrogens with one attached hydrogen (secondary N) is 1. The van der Waals surface area contributed by atoms with Gasteiger partial charge in [0.25, 0.3) is 0 Å². The summed E-state index contributed by atoms with van der Waals surface area (Å²) in [6, 6.07) is 3.49. The van der Waals surface area contributed by atoms with Gasteiger partial charge in [0.1, 0.15) is 0 Å². The number of nitrogens with two attached hydrogens (primary N) is 1. The maximum atomic E-state index is 12.5. The number of halogens is 1. The highest BCUT2D eigenvalue weighted by Crippen LogP contribution is 2.26. The molecule has 114 valence electrons. The van der Waals surface area contributed by atoms with Crippen LogP contribution in [0.25, 0.3) is 0 Å². The van der Waals surface area contributed by atoms with Crippen LogP contribution in [0.2, 0.25) is 0 Å². The van der Waals surface area contributed by atoms with E-state index in [4.69, 9.17) is 5.73 Å². The Hall–Kier alpha value is -0.430. The Labute approximate surface area is 130 Å². The first kappa shape index (κ1) is 17.6. The highest BCUT2D eigenvalue weighted by molar-refractivity contribution is 9.10. The van der Waals surface area contributed by atoms with Crippen LogP contribution in [0.4, 0.5) is 0 Å². The molecule has 0 bridgehead atoms. The highest BCUT2D eigenvalue weighted by atomic mass is 79.9. The van der Waals surface area contributed by atoms with Crippen LogP contribution < -0.4 is 10.5 Å². The monoisotopic (exact) mass is 362 g/mol. The molecule has 0 heterocycles. The summed E-state index contributed by atoms with van der Waals surface area (Å²) in [5.41, 5.74) is 7.03. The molecule has 0 amide bonds. The Balaban J connectivity index is 3.13. The van der Waals surface area contributed by atoms with Gasteiger partial charge in [-0.15, -0.1) is 0 Å². The fourth-order valence-electron chi connectivity index (χ4n) is 1.60. The van der Waals surface area contributed by atoms with Crippen LogP contribution >= 0.6 is 15.9 Å². The topological polar surface area (TPSA) is 72.2 Å². The van der Waals surface area contributed by atoms with Crippen molar-refractivity contribution < 1.29 is 8.42 Å². The molecule has 1 aromatic carbocycles. The van der Waals surface area contributed by atoms with E-state index in [-0.39, 0.29) is 5.41 Å². The molecule has 0 aliphatic rings. The third-order valence-corrected chi connectivity index (χ3v) is 5.93. The van der Waals surface area contributed by atoms with Gasteiger partial charge >= 0.3 is 0 Å². The summed E-state index contributed by atoms with van der Waals surface area (Å²) in [4.78, 5) is 0.291. The SMILES string of the molecule is CCC(C)(C)CNS(=O)(=O)c1cc(CN)cc(Br)c1C. The van der Waals surface area contributed by atoms with E-state index in [2.05, 4.69) is 20.7 Å². The first-order chi connectivity index (χ1) is 9.13. The normalized spacial score (nSPS) is 12.7. The Kier molecular flexibility index (Phi) is 5.78. The lowest BCUT2D eigenvalue weighted by Gasteiger charge is -2.23. The molecule has 20 heavy (non-hydrogen) atoms. The molecule has 4 nitrogen and oxygen atoms in total. The first-order valence-corrected chi connectivity index (χ1v) is 8.89. The molecule has 0 unspecified atom stereocenters. The van der Waals surface area contributed by atoms with Crippen molar-refractivity contribution in [3.8, 4) is 0 Å². The van der Waals surface area contributed by atoms with Gasteiger partial charge < -0.3 is 5.73 Å². The van der Waals surface area contributed by atoms with Crippen molar-refractivity contribution in [3.05, 3.63) is 27.7 Å². The zero-order valence-electron chi connectivity index (χ0n) is 12.5. The van der Waals surface area contributed by atoms with Crippen molar-refractivity contribution in [2.45, 2.75) is 45.6 Å². The van der Waals surface area contributed by atoms with Gasteiger partial charge in [-0.3, -0.25) is 0 Å². The van der Waals surface area contributed by atoms with Crippen molar-refractivity contribution in [1.29, 1.82) is 0 Å². The van der Waals surface area contributed by atoms with Crippen molar-refractivity contribution in [2.75, 3.05) is 6.54 Å². The van der Waals surface area contributed by atoms with Gasteiger partial charge in [0, 0.05) is 17.6 Å². The first-order valence-electron chi connectivity index (χ1n) is 6.61. The predicted molar refractivity (Wildman–Crippen MR) is 86.0 cm³/mol. The number of hydrogen-bond donors (Lipinski definition) is 2. The highest BCUT2D eigenvalue weighted by Gasteiger charge is 2.23. The van der Waals surface area contributed by atoms with Gasteiger partial charge in [-0.05, 0) is 42.0 Å². The minimum Gasteiger partial charge on any atom is -0.326 e. The molecule has 1 rings (SSSR count). The standard InChI is InChI=1S/C14H23BrN2O2S/c1-5-14(3,4)9-17-20(18,19)13-7-11(8-16)6-12(15)10(13)2/h6-7,17H,5,8-9,16H2,1-4H3. The van der Waals surface area contributed by atoms with E-state index >= 15 is 0 Å². The Morgan fingerprint density at radius 3 is 2.45 bits per heavy atom.